The third-order valence-electron chi connectivity index (χ3n) is 5.82. The van der Waals surface area contributed by atoms with Gasteiger partial charge in [0.15, 0.2) is 0 Å². The number of piperidine rings is 2. The predicted octanol–water partition coefficient (Wildman–Crippen LogP) is 2.72. The van der Waals surface area contributed by atoms with Gasteiger partial charge in [0.2, 0.25) is 11.9 Å². The molecule has 0 aliphatic carbocycles. The van der Waals surface area contributed by atoms with Crippen LogP contribution < -0.4 is 9.80 Å². The van der Waals surface area contributed by atoms with E-state index >= 15 is 0 Å². The fourth-order valence-corrected chi connectivity index (χ4v) is 4.26. The number of hydrogen-bond donors (Lipinski definition) is 0. The van der Waals surface area contributed by atoms with Crippen molar-refractivity contribution in [3.05, 3.63) is 11.8 Å². The lowest BCUT2D eigenvalue weighted by Gasteiger charge is -2.49. The van der Waals surface area contributed by atoms with Gasteiger partial charge < -0.3 is 14.7 Å². The molecule has 6 nitrogen and oxygen atoms in total. The number of anilines is 2. The maximum atomic E-state index is 12.3. The molecule has 0 aromatic carbocycles. The SMILES string of the molecule is CCc1cc(N2CCC[C@@]3(CCC(=O)N(C(C)C)C3)C2)nc(N(C)C)n1. The first kappa shape index (κ1) is 18.9. The van der Waals surface area contributed by atoms with Gasteiger partial charge in [-0.3, -0.25) is 4.79 Å². The van der Waals surface area contributed by atoms with Gasteiger partial charge >= 0.3 is 0 Å². The smallest absolute Gasteiger partial charge is 0.227 e. The van der Waals surface area contributed by atoms with Crippen LogP contribution in [0.25, 0.3) is 0 Å². The molecule has 2 aliphatic heterocycles. The Morgan fingerprint density at radius 2 is 2.00 bits per heavy atom. The van der Waals surface area contributed by atoms with Gasteiger partial charge in [-0.2, -0.15) is 4.98 Å². The molecule has 26 heavy (non-hydrogen) atoms. The summed E-state index contributed by atoms with van der Waals surface area (Å²) in [5.41, 5.74) is 1.28. The van der Waals surface area contributed by atoms with Crippen LogP contribution in [0.15, 0.2) is 6.07 Å². The van der Waals surface area contributed by atoms with Crippen molar-refractivity contribution in [3.63, 3.8) is 0 Å². The highest BCUT2D eigenvalue weighted by atomic mass is 16.2. The quantitative estimate of drug-likeness (QED) is 0.827. The van der Waals surface area contributed by atoms with Crippen LogP contribution in [0.2, 0.25) is 0 Å². The summed E-state index contributed by atoms with van der Waals surface area (Å²) in [4.78, 5) is 28.2. The second-order valence-corrected chi connectivity index (χ2v) is 8.41. The van der Waals surface area contributed by atoms with Crippen molar-refractivity contribution in [3.8, 4) is 0 Å². The van der Waals surface area contributed by atoms with Crippen molar-refractivity contribution in [1.29, 1.82) is 0 Å². The van der Waals surface area contributed by atoms with E-state index in [1.165, 1.54) is 6.42 Å². The number of aryl methyl sites for hydroxylation is 1. The molecular formula is C20H33N5O. The van der Waals surface area contributed by atoms with Gasteiger partial charge in [-0.25, -0.2) is 4.98 Å². The summed E-state index contributed by atoms with van der Waals surface area (Å²) in [6.45, 7) is 9.28. The first-order valence-electron chi connectivity index (χ1n) is 9.93. The molecule has 1 amide bonds. The zero-order chi connectivity index (χ0) is 18.9. The summed E-state index contributed by atoms with van der Waals surface area (Å²) < 4.78 is 0. The van der Waals surface area contributed by atoms with E-state index in [1.807, 2.05) is 19.0 Å². The maximum absolute atomic E-state index is 12.3. The Bertz CT molecular complexity index is 660. The molecule has 2 fully saturated rings. The van der Waals surface area contributed by atoms with Crippen molar-refractivity contribution in [1.82, 2.24) is 14.9 Å². The summed E-state index contributed by atoms with van der Waals surface area (Å²) in [6.07, 6.45) is 4.94. The summed E-state index contributed by atoms with van der Waals surface area (Å²) in [6, 6.07) is 2.42. The Labute approximate surface area is 157 Å². The number of carbonyl (C=O) groups is 1. The highest BCUT2D eigenvalue weighted by Crippen LogP contribution is 2.40. The van der Waals surface area contributed by atoms with Crippen LogP contribution in [0.3, 0.4) is 0 Å². The lowest BCUT2D eigenvalue weighted by Crippen LogP contribution is -2.55. The summed E-state index contributed by atoms with van der Waals surface area (Å²) >= 11 is 0. The molecule has 3 heterocycles. The van der Waals surface area contributed by atoms with E-state index in [0.717, 1.165) is 56.4 Å². The van der Waals surface area contributed by atoms with Crippen LogP contribution in [0, 0.1) is 5.41 Å². The van der Waals surface area contributed by atoms with Crippen molar-refractivity contribution < 1.29 is 4.79 Å². The minimum absolute atomic E-state index is 0.200. The lowest BCUT2D eigenvalue weighted by molar-refractivity contribution is -0.140. The third-order valence-corrected chi connectivity index (χ3v) is 5.82. The Kier molecular flexibility index (Phi) is 5.39. The molecule has 2 aliphatic rings. The number of likely N-dealkylation sites (tertiary alicyclic amines) is 1. The third kappa shape index (κ3) is 3.79. The first-order valence-corrected chi connectivity index (χ1v) is 9.93. The van der Waals surface area contributed by atoms with Gasteiger partial charge in [0, 0.05) is 63.4 Å². The van der Waals surface area contributed by atoms with Crippen LogP contribution in [-0.2, 0) is 11.2 Å². The molecule has 0 radical (unpaired) electrons. The molecule has 0 unspecified atom stereocenters. The van der Waals surface area contributed by atoms with E-state index in [4.69, 9.17) is 4.98 Å². The minimum Gasteiger partial charge on any atom is -0.356 e. The normalized spacial score (nSPS) is 23.8. The van der Waals surface area contributed by atoms with E-state index in [9.17, 15) is 4.79 Å². The fourth-order valence-electron chi connectivity index (χ4n) is 4.26. The number of carbonyl (C=O) groups excluding carboxylic acids is 1. The number of aromatic nitrogens is 2. The van der Waals surface area contributed by atoms with E-state index in [2.05, 4.69) is 41.6 Å². The highest BCUT2D eigenvalue weighted by molar-refractivity contribution is 5.77. The second-order valence-electron chi connectivity index (χ2n) is 8.41. The minimum atomic E-state index is 0.200. The molecule has 1 atom stereocenters. The van der Waals surface area contributed by atoms with Crippen molar-refractivity contribution >= 4 is 17.7 Å². The number of nitrogens with zero attached hydrogens (tertiary/aromatic N) is 5. The molecule has 1 aromatic rings. The summed E-state index contributed by atoms with van der Waals surface area (Å²) in [5.74, 6) is 2.13. The summed E-state index contributed by atoms with van der Waals surface area (Å²) in [5, 5.41) is 0. The van der Waals surface area contributed by atoms with Crippen LogP contribution >= 0.6 is 0 Å². The van der Waals surface area contributed by atoms with Gasteiger partial charge in [-0.05, 0) is 39.5 Å². The Balaban J connectivity index is 1.84. The Morgan fingerprint density at radius 1 is 1.23 bits per heavy atom. The average Bonchev–Trinajstić information content (AvgIpc) is 2.63. The van der Waals surface area contributed by atoms with Crippen LogP contribution in [0.1, 0.15) is 52.1 Å². The Hall–Kier alpha value is -1.85. The predicted molar refractivity (Wildman–Crippen MR) is 106 cm³/mol. The maximum Gasteiger partial charge on any atom is 0.227 e. The second kappa shape index (κ2) is 7.41. The molecule has 2 saturated heterocycles. The van der Waals surface area contributed by atoms with Gasteiger partial charge in [0.25, 0.3) is 0 Å². The molecule has 6 heteroatoms. The van der Waals surface area contributed by atoms with Gasteiger partial charge in [0.05, 0.1) is 0 Å². The molecule has 3 rings (SSSR count). The topological polar surface area (TPSA) is 52.6 Å². The van der Waals surface area contributed by atoms with Crippen molar-refractivity contribution in [2.24, 2.45) is 5.41 Å². The standard InChI is InChI=1S/C20H33N5O/c1-6-16-12-17(22-19(21-16)23(4)5)24-11-7-9-20(13-24)10-8-18(26)25(14-20)15(2)3/h12,15H,6-11,13-14H2,1-5H3/t20-/m1/s1. The van der Waals surface area contributed by atoms with Crippen LogP contribution in [-0.4, -0.2) is 60.5 Å². The van der Waals surface area contributed by atoms with Gasteiger partial charge in [-0.1, -0.05) is 6.92 Å². The van der Waals surface area contributed by atoms with E-state index < -0.39 is 0 Å². The van der Waals surface area contributed by atoms with Crippen molar-refractivity contribution in [2.45, 2.75) is 58.9 Å². The molecule has 1 aromatic heterocycles. The molecular weight excluding hydrogens is 326 g/mol. The molecule has 1 spiro atoms. The zero-order valence-electron chi connectivity index (χ0n) is 17.0. The van der Waals surface area contributed by atoms with E-state index in [1.54, 1.807) is 0 Å². The van der Waals surface area contributed by atoms with E-state index in [-0.39, 0.29) is 11.5 Å². The fraction of sp³-hybridized carbons (Fsp3) is 0.750. The molecule has 0 saturated carbocycles. The van der Waals surface area contributed by atoms with Crippen LogP contribution in [0.5, 0.6) is 0 Å². The number of amides is 1. The monoisotopic (exact) mass is 359 g/mol. The van der Waals surface area contributed by atoms with E-state index in [0.29, 0.717) is 12.3 Å². The average molecular weight is 360 g/mol. The van der Waals surface area contributed by atoms with Gasteiger partial charge in [-0.15, -0.1) is 0 Å². The number of hydrogen-bond acceptors (Lipinski definition) is 5. The van der Waals surface area contributed by atoms with Gasteiger partial charge in [0.1, 0.15) is 5.82 Å². The van der Waals surface area contributed by atoms with Crippen LogP contribution in [0.4, 0.5) is 11.8 Å². The summed E-state index contributed by atoms with van der Waals surface area (Å²) in [7, 11) is 3.98. The first-order chi connectivity index (χ1) is 12.3. The molecule has 0 bridgehead atoms. The Morgan fingerprint density at radius 3 is 2.65 bits per heavy atom. The zero-order valence-corrected chi connectivity index (χ0v) is 17.0. The largest absolute Gasteiger partial charge is 0.356 e. The lowest BCUT2D eigenvalue weighted by atomic mass is 9.73. The molecule has 0 N–H and O–H groups in total. The number of rotatable bonds is 4. The van der Waals surface area contributed by atoms with Crippen molar-refractivity contribution in [2.75, 3.05) is 43.5 Å². The highest BCUT2D eigenvalue weighted by Gasteiger charge is 2.42. The molecule has 144 valence electrons.